The third-order valence-corrected chi connectivity index (χ3v) is 5.24. The molecule has 0 aliphatic heterocycles. The quantitative estimate of drug-likeness (QED) is 0.805. The Morgan fingerprint density at radius 2 is 2.11 bits per heavy atom. The largest absolute Gasteiger partial charge is 0.383 e. The van der Waals surface area contributed by atoms with Crippen molar-refractivity contribution in [2.75, 3.05) is 24.7 Å². The van der Waals surface area contributed by atoms with Crippen LogP contribution in [0.5, 0.6) is 0 Å². The van der Waals surface area contributed by atoms with Gasteiger partial charge in [0.1, 0.15) is 0 Å². The maximum absolute atomic E-state index is 12.3. The van der Waals surface area contributed by atoms with Gasteiger partial charge in [-0.15, -0.1) is 0 Å². The molecular formula is C12H21N3O2S2. The van der Waals surface area contributed by atoms with Crippen molar-refractivity contribution in [1.29, 1.82) is 0 Å². The van der Waals surface area contributed by atoms with Crippen molar-refractivity contribution < 1.29 is 8.42 Å². The summed E-state index contributed by atoms with van der Waals surface area (Å²) < 4.78 is 27.0. The Labute approximate surface area is 119 Å². The van der Waals surface area contributed by atoms with E-state index in [-0.39, 0.29) is 9.77 Å². The predicted octanol–water partition coefficient (Wildman–Crippen LogP) is 1.93. The highest BCUT2D eigenvalue weighted by atomic mass is 32.2. The third kappa shape index (κ3) is 4.67. The molecule has 0 aromatic carbocycles. The van der Waals surface area contributed by atoms with Crippen LogP contribution in [0.2, 0.25) is 0 Å². The van der Waals surface area contributed by atoms with E-state index < -0.39 is 10.0 Å². The number of nitrogens with one attached hydrogen (secondary N) is 2. The summed E-state index contributed by atoms with van der Waals surface area (Å²) >= 11 is 1.61. The van der Waals surface area contributed by atoms with E-state index >= 15 is 0 Å². The Kier molecular flexibility index (Phi) is 5.64. The maximum atomic E-state index is 12.3. The SMILES string of the molecule is CCNc1cccnc1S(=O)(=O)NCC(C)(C)SC. The lowest BCUT2D eigenvalue weighted by Gasteiger charge is -2.22. The Balaban J connectivity index is 2.95. The number of aromatic nitrogens is 1. The van der Waals surface area contributed by atoms with Crippen molar-refractivity contribution in [3.8, 4) is 0 Å². The predicted molar refractivity (Wildman–Crippen MR) is 81.2 cm³/mol. The molecular weight excluding hydrogens is 282 g/mol. The van der Waals surface area contributed by atoms with E-state index in [1.165, 1.54) is 6.20 Å². The molecule has 0 spiro atoms. The van der Waals surface area contributed by atoms with Crippen molar-refractivity contribution in [3.05, 3.63) is 18.3 Å². The summed E-state index contributed by atoms with van der Waals surface area (Å²) in [5, 5.41) is 3.06. The van der Waals surface area contributed by atoms with E-state index in [0.717, 1.165) is 0 Å². The molecule has 108 valence electrons. The summed E-state index contributed by atoms with van der Waals surface area (Å²) in [6.07, 6.45) is 3.44. The summed E-state index contributed by atoms with van der Waals surface area (Å²) in [6.45, 7) is 6.89. The first-order valence-corrected chi connectivity index (χ1v) is 8.77. The Morgan fingerprint density at radius 3 is 2.68 bits per heavy atom. The molecule has 0 atom stereocenters. The molecule has 0 saturated carbocycles. The number of pyridine rings is 1. The maximum Gasteiger partial charge on any atom is 0.260 e. The van der Waals surface area contributed by atoms with E-state index in [1.54, 1.807) is 23.9 Å². The Hall–Kier alpha value is -0.790. The van der Waals surface area contributed by atoms with Crippen LogP contribution in [0.15, 0.2) is 23.4 Å². The van der Waals surface area contributed by atoms with Crippen LogP contribution in [0.3, 0.4) is 0 Å². The minimum absolute atomic E-state index is 0.0498. The molecule has 0 aliphatic rings. The van der Waals surface area contributed by atoms with E-state index in [4.69, 9.17) is 0 Å². The van der Waals surface area contributed by atoms with Gasteiger partial charge in [-0.2, -0.15) is 11.8 Å². The fourth-order valence-electron chi connectivity index (χ4n) is 1.34. The second-order valence-electron chi connectivity index (χ2n) is 4.67. The minimum atomic E-state index is -3.59. The molecule has 0 saturated heterocycles. The minimum Gasteiger partial charge on any atom is -0.383 e. The number of thioether (sulfide) groups is 1. The summed E-state index contributed by atoms with van der Waals surface area (Å²) in [4.78, 5) is 3.98. The Bertz CT molecular complexity index is 515. The lowest BCUT2D eigenvalue weighted by molar-refractivity contribution is 0.567. The van der Waals surface area contributed by atoms with Gasteiger partial charge in [0.25, 0.3) is 10.0 Å². The highest BCUT2D eigenvalue weighted by Gasteiger charge is 2.24. The van der Waals surface area contributed by atoms with Crippen LogP contribution in [0.25, 0.3) is 0 Å². The van der Waals surface area contributed by atoms with Gasteiger partial charge in [0.2, 0.25) is 0 Å². The van der Waals surface area contributed by atoms with Gasteiger partial charge >= 0.3 is 0 Å². The van der Waals surface area contributed by atoms with Crippen molar-refractivity contribution in [1.82, 2.24) is 9.71 Å². The molecule has 0 unspecified atom stereocenters. The van der Waals surface area contributed by atoms with Crippen LogP contribution in [0, 0.1) is 0 Å². The number of hydrogen-bond acceptors (Lipinski definition) is 5. The van der Waals surface area contributed by atoms with Crippen molar-refractivity contribution in [3.63, 3.8) is 0 Å². The standard InChI is InChI=1S/C12H21N3O2S2/c1-5-13-10-7-6-8-14-11(10)19(16,17)15-9-12(2,3)18-4/h6-8,13,15H,5,9H2,1-4H3. The molecule has 0 bridgehead atoms. The highest BCUT2D eigenvalue weighted by Crippen LogP contribution is 2.22. The summed E-state index contributed by atoms with van der Waals surface area (Å²) in [7, 11) is -3.59. The molecule has 1 rings (SSSR count). The Morgan fingerprint density at radius 1 is 1.42 bits per heavy atom. The summed E-state index contributed by atoms with van der Waals surface area (Å²) in [6, 6.07) is 3.42. The molecule has 1 aromatic rings. The van der Waals surface area contributed by atoms with Gasteiger partial charge in [0.05, 0.1) is 5.69 Å². The molecule has 7 heteroatoms. The van der Waals surface area contributed by atoms with Crippen LogP contribution in [-0.4, -0.2) is 37.5 Å². The average Bonchev–Trinajstić information content (AvgIpc) is 2.38. The normalized spacial score (nSPS) is 12.4. The number of sulfonamides is 1. The fourth-order valence-corrected chi connectivity index (χ4v) is 2.96. The average molecular weight is 303 g/mol. The first-order chi connectivity index (χ1) is 8.82. The lowest BCUT2D eigenvalue weighted by Crippen LogP contribution is -2.36. The zero-order valence-corrected chi connectivity index (χ0v) is 13.4. The van der Waals surface area contributed by atoms with Crippen molar-refractivity contribution >= 4 is 27.5 Å². The zero-order valence-electron chi connectivity index (χ0n) is 11.7. The van der Waals surface area contributed by atoms with Crippen LogP contribution >= 0.6 is 11.8 Å². The number of rotatable bonds is 7. The van der Waals surface area contributed by atoms with Crippen molar-refractivity contribution in [2.45, 2.75) is 30.5 Å². The molecule has 5 nitrogen and oxygen atoms in total. The molecule has 0 fully saturated rings. The number of hydrogen-bond donors (Lipinski definition) is 2. The topological polar surface area (TPSA) is 71.1 Å². The van der Waals surface area contributed by atoms with Crippen LogP contribution in [0.4, 0.5) is 5.69 Å². The van der Waals surface area contributed by atoms with E-state index in [0.29, 0.717) is 18.8 Å². The van der Waals surface area contributed by atoms with Gasteiger partial charge in [-0.05, 0) is 39.2 Å². The van der Waals surface area contributed by atoms with E-state index in [1.807, 2.05) is 27.0 Å². The van der Waals surface area contributed by atoms with E-state index in [2.05, 4.69) is 15.0 Å². The van der Waals surface area contributed by atoms with Crippen LogP contribution < -0.4 is 10.0 Å². The molecule has 0 aliphatic carbocycles. The third-order valence-electron chi connectivity index (χ3n) is 2.63. The summed E-state index contributed by atoms with van der Waals surface area (Å²) in [5.41, 5.74) is 0.527. The van der Waals surface area contributed by atoms with Gasteiger partial charge in [-0.25, -0.2) is 18.1 Å². The first kappa shape index (κ1) is 16.3. The van der Waals surface area contributed by atoms with Crippen LogP contribution in [-0.2, 0) is 10.0 Å². The first-order valence-electron chi connectivity index (χ1n) is 6.06. The van der Waals surface area contributed by atoms with Gasteiger partial charge in [0, 0.05) is 24.0 Å². The second-order valence-corrected chi connectivity index (χ2v) is 7.87. The number of nitrogens with zero attached hydrogens (tertiary/aromatic N) is 1. The molecule has 0 amide bonds. The van der Waals surface area contributed by atoms with Crippen LogP contribution in [0.1, 0.15) is 20.8 Å². The molecule has 2 N–H and O–H groups in total. The highest BCUT2D eigenvalue weighted by molar-refractivity contribution is 8.00. The molecule has 19 heavy (non-hydrogen) atoms. The van der Waals surface area contributed by atoms with Gasteiger partial charge in [-0.3, -0.25) is 0 Å². The zero-order chi connectivity index (χ0) is 14.5. The number of anilines is 1. The lowest BCUT2D eigenvalue weighted by atomic mass is 10.2. The second kappa shape index (κ2) is 6.58. The monoisotopic (exact) mass is 303 g/mol. The van der Waals surface area contributed by atoms with E-state index in [9.17, 15) is 8.42 Å². The molecule has 1 aromatic heterocycles. The van der Waals surface area contributed by atoms with Gasteiger partial charge in [0.15, 0.2) is 5.03 Å². The molecule has 0 radical (unpaired) electrons. The molecule has 1 heterocycles. The van der Waals surface area contributed by atoms with Gasteiger partial charge < -0.3 is 5.32 Å². The fraction of sp³-hybridized carbons (Fsp3) is 0.583. The van der Waals surface area contributed by atoms with Gasteiger partial charge in [-0.1, -0.05) is 0 Å². The van der Waals surface area contributed by atoms with Crippen molar-refractivity contribution in [2.24, 2.45) is 0 Å². The summed E-state index contributed by atoms with van der Waals surface area (Å²) in [5.74, 6) is 0. The smallest absolute Gasteiger partial charge is 0.260 e.